The van der Waals surface area contributed by atoms with Crippen LogP contribution in [-0.2, 0) is 6.54 Å². The summed E-state index contributed by atoms with van der Waals surface area (Å²) in [7, 11) is 0. The Bertz CT molecular complexity index is 831. The molecule has 0 bridgehead atoms. The first kappa shape index (κ1) is 15.6. The minimum absolute atomic E-state index is 0.0462. The maximum atomic E-state index is 13.9. The van der Waals surface area contributed by atoms with Crippen molar-refractivity contribution < 1.29 is 4.39 Å². The summed E-state index contributed by atoms with van der Waals surface area (Å²) < 4.78 is 13.9. The second-order valence-electron chi connectivity index (χ2n) is 6.69. The van der Waals surface area contributed by atoms with E-state index in [-0.39, 0.29) is 5.56 Å². The Kier molecular flexibility index (Phi) is 3.80. The fraction of sp³-hybridized carbons (Fsp3) is 0.316. The molecule has 5 heteroatoms. The van der Waals surface area contributed by atoms with E-state index in [1.807, 2.05) is 24.3 Å². The zero-order chi connectivity index (χ0) is 16.7. The molecule has 0 radical (unpaired) electrons. The number of benzene rings is 2. The number of likely N-dealkylation sites (tertiary alicyclic amines) is 1. The topological polar surface area (TPSA) is 39.1 Å². The van der Waals surface area contributed by atoms with E-state index in [4.69, 9.17) is 16.9 Å². The monoisotopic (exact) mass is 341 g/mol. The molecule has 2 heterocycles. The van der Waals surface area contributed by atoms with Gasteiger partial charge in [-0.1, -0.05) is 35.9 Å². The number of nitriles is 1. The Morgan fingerprint density at radius 1 is 1.29 bits per heavy atom. The van der Waals surface area contributed by atoms with E-state index in [9.17, 15) is 4.39 Å². The van der Waals surface area contributed by atoms with Crippen LogP contribution in [0.15, 0.2) is 36.4 Å². The summed E-state index contributed by atoms with van der Waals surface area (Å²) in [6, 6.07) is 12.3. The van der Waals surface area contributed by atoms with E-state index in [0.717, 1.165) is 37.3 Å². The molecule has 0 unspecified atom stereocenters. The van der Waals surface area contributed by atoms with E-state index in [1.165, 1.54) is 18.6 Å². The first-order chi connectivity index (χ1) is 11.6. The van der Waals surface area contributed by atoms with Crippen molar-refractivity contribution in [1.29, 1.82) is 5.26 Å². The minimum Gasteiger partial charge on any atom is -0.309 e. The molecule has 1 spiro atoms. The Hall–Kier alpha value is -1.93. The molecule has 0 aliphatic carbocycles. The van der Waals surface area contributed by atoms with E-state index in [1.54, 1.807) is 6.07 Å². The Labute approximate surface area is 145 Å². The highest BCUT2D eigenvalue weighted by Gasteiger charge is 2.46. The number of nitrogens with zero attached hydrogens (tertiary/aromatic N) is 2. The van der Waals surface area contributed by atoms with Crippen LogP contribution < -0.4 is 5.32 Å². The van der Waals surface area contributed by atoms with Crippen LogP contribution in [0.4, 0.5) is 4.39 Å². The molecule has 24 heavy (non-hydrogen) atoms. The van der Waals surface area contributed by atoms with Gasteiger partial charge in [-0.3, -0.25) is 4.90 Å². The molecular weight excluding hydrogens is 325 g/mol. The molecule has 0 saturated carbocycles. The van der Waals surface area contributed by atoms with Crippen LogP contribution in [0.25, 0.3) is 11.1 Å². The average Bonchev–Trinajstić information content (AvgIpc) is 2.50. The van der Waals surface area contributed by atoms with Crippen molar-refractivity contribution in [3.05, 3.63) is 58.4 Å². The molecule has 4 rings (SSSR count). The number of hydrogen-bond acceptors (Lipinski definition) is 3. The lowest BCUT2D eigenvalue weighted by atomic mass is 9.80. The van der Waals surface area contributed by atoms with Crippen molar-refractivity contribution in [2.45, 2.75) is 18.5 Å². The third-order valence-corrected chi connectivity index (χ3v) is 5.48. The highest BCUT2D eigenvalue weighted by molar-refractivity contribution is 6.34. The molecule has 3 nitrogen and oxygen atoms in total. The number of nitrogens with one attached hydrogen (secondary N) is 1. The summed E-state index contributed by atoms with van der Waals surface area (Å²) >= 11 is 6.58. The van der Waals surface area contributed by atoms with Gasteiger partial charge in [0.1, 0.15) is 11.9 Å². The molecule has 2 aliphatic heterocycles. The second-order valence-corrected chi connectivity index (χ2v) is 7.07. The van der Waals surface area contributed by atoms with Gasteiger partial charge in [0.2, 0.25) is 0 Å². The average molecular weight is 342 g/mol. The van der Waals surface area contributed by atoms with E-state index < -0.39 is 5.82 Å². The van der Waals surface area contributed by atoms with Gasteiger partial charge in [0, 0.05) is 30.7 Å². The molecule has 2 fully saturated rings. The van der Waals surface area contributed by atoms with Crippen LogP contribution in [0, 0.1) is 17.1 Å². The molecule has 2 saturated heterocycles. The summed E-state index contributed by atoms with van der Waals surface area (Å²) in [6.07, 6.45) is 1.25. The standard InChI is InChI=1S/C19H17ClFN3/c20-18-15(10-24-11-19(12-24)6-7-23-19)2-1-3-16(18)13-4-5-14(9-22)17(21)8-13/h1-5,8,23H,6-7,10-12H2. The second kappa shape index (κ2) is 5.86. The van der Waals surface area contributed by atoms with Crippen molar-refractivity contribution in [1.82, 2.24) is 10.2 Å². The van der Waals surface area contributed by atoms with Crippen LogP contribution in [0.5, 0.6) is 0 Å². The van der Waals surface area contributed by atoms with Crippen LogP contribution in [0.1, 0.15) is 17.5 Å². The predicted molar refractivity (Wildman–Crippen MR) is 92.2 cm³/mol. The Balaban J connectivity index is 1.57. The minimum atomic E-state index is -0.516. The number of hydrogen-bond donors (Lipinski definition) is 1. The van der Waals surface area contributed by atoms with E-state index in [2.05, 4.69) is 10.2 Å². The van der Waals surface area contributed by atoms with E-state index in [0.29, 0.717) is 16.1 Å². The van der Waals surface area contributed by atoms with Gasteiger partial charge in [0.25, 0.3) is 0 Å². The van der Waals surface area contributed by atoms with Gasteiger partial charge in [0.15, 0.2) is 0 Å². The summed E-state index contributed by atoms with van der Waals surface area (Å²) in [4.78, 5) is 2.37. The molecule has 2 aromatic carbocycles. The van der Waals surface area contributed by atoms with Gasteiger partial charge in [-0.25, -0.2) is 4.39 Å². The molecule has 0 atom stereocenters. The lowest BCUT2D eigenvalue weighted by Crippen LogP contribution is -2.75. The van der Waals surface area contributed by atoms with Crippen molar-refractivity contribution in [2.24, 2.45) is 0 Å². The van der Waals surface area contributed by atoms with Gasteiger partial charge in [-0.2, -0.15) is 5.26 Å². The lowest BCUT2D eigenvalue weighted by Gasteiger charge is -2.56. The SMILES string of the molecule is N#Cc1ccc(-c2cccc(CN3CC4(CCN4)C3)c2Cl)cc1F. The normalized spacial score (nSPS) is 18.7. The Morgan fingerprint density at radius 2 is 2.08 bits per heavy atom. The maximum absolute atomic E-state index is 13.9. The Morgan fingerprint density at radius 3 is 2.71 bits per heavy atom. The number of rotatable bonds is 3. The van der Waals surface area contributed by atoms with Gasteiger partial charge in [0.05, 0.1) is 10.6 Å². The largest absolute Gasteiger partial charge is 0.309 e. The highest BCUT2D eigenvalue weighted by atomic mass is 35.5. The summed E-state index contributed by atoms with van der Waals surface area (Å²) in [5, 5.41) is 13.0. The first-order valence-corrected chi connectivity index (χ1v) is 8.43. The highest BCUT2D eigenvalue weighted by Crippen LogP contribution is 2.35. The van der Waals surface area contributed by atoms with Crippen LogP contribution in [0.2, 0.25) is 5.02 Å². The van der Waals surface area contributed by atoms with Gasteiger partial charge in [-0.15, -0.1) is 0 Å². The lowest BCUT2D eigenvalue weighted by molar-refractivity contribution is -0.0108. The van der Waals surface area contributed by atoms with Crippen LogP contribution in [-0.4, -0.2) is 30.1 Å². The summed E-state index contributed by atoms with van der Waals surface area (Å²) in [5.41, 5.74) is 2.94. The maximum Gasteiger partial charge on any atom is 0.141 e. The molecule has 1 N–H and O–H groups in total. The molecule has 2 aromatic rings. The summed E-state index contributed by atoms with van der Waals surface area (Å²) in [6.45, 7) is 4.03. The first-order valence-electron chi connectivity index (χ1n) is 8.05. The van der Waals surface area contributed by atoms with Gasteiger partial charge < -0.3 is 5.32 Å². The smallest absolute Gasteiger partial charge is 0.141 e. The quantitative estimate of drug-likeness (QED) is 0.927. The molecule has 0 aromatic heterocycles. The van der Waals surface area contributed by atoms with Crippen molar-refractivity contribution in [3.63, 3.8) is 0 Å². The van der Waals surface area contributed by atoms with Crippen molar-refractivity contribution in [3.8, 4) is 17.2 Å². The van der Waals surface area contributed by atoms with Crippen molar-refractivity contribution in [2.75, 3.05) is 19.6 Å². The molecule has 122 valence electrons. The fourth-order valence-corrected chi connectivity index (χ4v) is 3.90. The van der Waals surface area contributed by atoms with Crippen LogP contribution >= 0.6 is 11.6 Å². The zero-order valence-corrected chi connectivity index (χ0v) is 13.9. The third-order valence-electron chi connectivity index (χ3n) is 5.03. The van der Waals surface area contributed by atoms with E-state index >= 15 is 0 Å². The molecular formula is C19H17ClFN3. The van der Waals surface area contributed by atoms with Crippen LogP contribution in [0.3, 0.4) is 0 Å². The van der Waals surface area contributed by atoms with Gasteiger partial charge in [-0.05, 0) is 36.2 Å². The van der Waals surface area contributed by atoms with Crippen molar-refractivity contribution >= 4 is 11.6 Å². The molecule has 2 aliphatic rings. The third kappa shape index (κ3) is 2.59. The summed E-state index contributed by atoms with van der Waals surface area (Å²) in [5.74, 6) is -0.516. The fourth-order valence-electron chi connectivity index (χ4n) is 3.61. The number of halogens is 2. The molecule has 0 amide bonds. The zero-order valence-electron chi connectivity index (χ0n) is 13.1. The van der Waals surface area contributed by atoms with Gasteiger partial charge >= 0.3 is 0 Å². The predicted octanol–water partition coefficient (Wildman–Crippen LogP) is 3.57.